The quantitative estimate of drug-likeness (QED) is 0.859. The number of nitrogens with one attached hydrogen (secondary N) is 1. The van der Waals surface area contributed by atoms with E-state index in [9.17, 15) is 13.2 Å². The van der Waals surface area contributed by atoms with Crippen LogP contribution in [0.25, 0.3) is 5.69 Å². The number of nitrogens with zero attached hydrogens (tertiary/aromatic N) is 5. The summed E-state index contributed by atoms with van der Waals surface area (Å²) in [6.07, 6.45) is -4.35. The molecular weight excluding hydrogens is 380 g/mol. The van der Waals surface area contributed by atoms with Crippen LogP contribution in [0.5, 0.6) is 0 Å². The van der Waals surface area contributed by atoms with Crippen LogP contribution in [0.2, 0.25) is 0 Å². The van der Waals surface area contributed by atoms with Crippen molar-refractivity contribution in [2.24, 2.45) is 0 Å². The molecule has 0 bridgehead atoms. The summed E-state index contributed by atoms with van der Waals surface area (Å²) in [7, 11) is 0. The Kier molecular flexibility index (Phi) is 7.61. The highest BCUT2D eigenvalue weighted by Gasteiger charge is 2.30. The number of aromatic nitrogens is 4. The Morgan fingerprint density at radius 1 is 1.20 bits per heavy atom. The van der Waals surface area contributed by atoms with Gasteiger partial charge in [-0.2, -0.15) is 17.9 Å². The molecule has 1 aromatic carbocycles. The molecule has 0 radical (unpaired) electrons. The molecule has 1 saturated heterocycles. The maximum absolute atomic E-state index is 12.6. The molecule has 0 amide bonds. The molecular formula is C14H19Cl2F3N6. The molecule has 2 heterocycles. The van der Waals surface area contributed by atoms with Gasteiger partial charge in [0, 0.05) is 25.7 Å². The van der Waals surface area contributed by atoms with Gasteiger partial charge in [-0.25, -0.2) is 0 Å². The van der Waals surface area contributed by atoms with Crippen molar-refractivity contribution in [1.82, 2.24) is 30.4 Å². The Labute approximate surface area is 155 Å². The maximum atomic E-state index is 12.6. The Bertz CT molecular complexity index is 661. The summed E-state index contributed by atoms with van der Waals surface area (Å²) in [5.74, 6) is 0.610. The van der Waals surface area contributed by atoms with E-state index in [4.69, 9.17) is 0 Å². The average molecular weight is 399 g/mol. The summed E-state index contributed by atoms with van der Waals surface area (Å²) in [4.78, 5) is 2.22. The lowest BCUT2D eigenvalue weighted by Crippen LogP contribution is -2.48. The number of hydrogen-bond acceptors (Lipinski definition) is 5. The van der Waals surface area contributed by atoms with Gasteiger partial charge >= 0.3 is 6.18 Å². The van der Waals surface area contributed by atoms with Gasteiger partial charge in [-0.05, 0) is 41.6 Å². The first-order valence-electron chi connectivity index (χ1n) is 7.34. The number of piperazine rings is 1. The summed E-state index contributed by atoms with van der Waals surface area (Å²) in [6, 6.07) is 5.21. The van der Waals surface area contributed by atoms with E-state index in [-0.39, 0.29) is 24.8 Å². The zero-order valence-electron chi connectivity index (χ0n) is 13.4. The molecule has 2 aromatic rings. The highest BCUT2D eigenvalue weighted by atomic mass is 35.5. The number of benzene rings is 1. The molecule has 1 aliphatic rings. The van der Waals surface area contributed by atoms with Gasteiger partial charge < -0.3 is 5.32 Å². The lowest BCUT2D eigenvalue weighted by atomic mass is 10.2. The molecule has 3 rings (SSSR count). The van der Waals surface area contributed by atoms with Gasteiger partial charge in [0.2, 0.25) is 0 Å². The Hall–Kier alpha value is -1.42. The number of alkyl halides is 3. The van der Waals surface area contributed by atoms with Gasteiger partial charge in [0.1, 0.15) is 0 Å². The van der Waals surface area contributed by atoms with Gasteiger partial charge in [-0.3, -0.25) is 4.90 Å². The zero-order valence-corrected chi connectivity index (χ0v) is 15.0. The van der Waals surface area contributed by atoms with Crippen molar-refractivity contribution in [1.29, 1.82) is 0 Å². The molecule has 0 spiro atoms. The van der Waals surface area contributed by atoms with Crippen molar-refractivity contribution in [2.45, 2.75) is 25.7 Å². The van der Waals surface area contributed by atoms with Crippen molar-refractivity contribution in [3.05, 3.63) is 35.7 Å². The minimum absolute atomic E-state index is 0. The SMILES string of the molecule is CC1CN(Cc2nnnn2-c2ccc(C(F)(F)F)cc2)CCN1.Cl.Cl. The molecule has 1 N–H and O–H groups in total. The molecule has 6 nitrogen and oxygen atoms in total. The van der Waals surface area contributed by atoms with Crippen LogP contribution in [0, 0.1) is 0 Å². The van der Waals surface area contributed by atoms with Crippen LogP contribution >= 0.6 is 24.8 Å². The van der Waals surface area contributed by atoms with Crippen LogP contribution in [-0.4, -0.2) is 50.8 Å². The van der Waals surface area contributed by atoms with Gasteiger partial charge in [0.15, 0.2) is 5.82 Å². The Morgan fingerprint density at radius 2 is 1.88 bits per heavy atom. The summed E-state index contributed by atoms with van der Waals surface area (Å²) in [5, 5.41) is 14.9. The van der Waals surface area contributed by atoms with Crippen molar-refractivity contribution < 1.29 is 13.2 Å². The second-order valence-corrected chi connectivity index (χ2v) is 5.64. The third kappa shape index (κ3) is 5.27. The van der Waals surface area contributed by atoms with Crippen LogP contribution in [0.4, 0.5) is 13.2 Å². The molecule has 25 heavy (non-hydrogen) atoms. The van der Waals surface area contributed by atoms with Crippen LogP contribution in [0.3, 0.4) is 0 Å². The summed E-state index contributed by atoms with van der Waals surface area (Å²) >= 11 is 0. The van der Waals surface area contributed by atoms with Crippen molar-refractivity contribution in [3.8, 4) is 5.69 Å². The largest absolute Gasteiger partial charge is 0.416 e. The molecule has 1 unspecified atom stereocenters. The van der Waals surface area contributed by atoms with E-state index in [1.54, 1.807) is 0 Å². The van der Waals surface area contributed by atoms with E-state index in [0.717, 1.165) is 31.8 Å². The van der Waals surface area contributed by atoms with E-state index in [0.29, 0.717) is 24.1 Å². The molecule has 11 heteroatoms. The third-order valence-electron chi connectivity index (χ3n) is 3.79. The average Bonchev–Trinajstić information content (AvgIpc) is 2.94. The predicted octanol–water partition coefficient (Wildman–Crippen LogP) is 2.32. The smallest absolute Gasteiger partial charge is 0.312 e. The molecule has 0 saturated carbocycles. The fraction of sp³-hybridized carbons (Fsp3) is 0.500. The van der Waals surface area contributed by atoms with E-state index in [2.05, 4.69) is 32.7 Å². The molecule has 1 fully saturated rings. The Balaban J connectivity index is 0.00000156. The molecule has 1 aliphatic heterocycles. The number of halogens is 5. The first kappa shape index (κ1) is 21.6. The second kappa shape index (κ2) is 8.79. The highest BCUT2D eigenvalue weighted by molar-refractivity contribution is 5.85. The fourth-order valence-electron chi connectivity index (χ4n) is 2.65. The number of hydrogen-bond donors (Lipinski definition) is 1. The first-order chi connectivity index (χ1) is 10.9. The number of rotatable bonds is 3. The summed E-state index contributed by atoms with van der Waals surface area (Å²) in [5.41, 5.74) is -0.173. The van der Waals surface area contributed by atoms with E-state index in [1.807, 2.05) is 0 Å². The minimum atomic E-state index is -4.35. The topological polar surface area (TPSA) is 58.9 Å². The second-order valence-electron chi connectivity index (χ2n) is 5.64. The lowest BCUT2D eigenvalue weighted by Gasteiger charge is -2.31. The number of tetrazole rings is 1. The van der Waals surface area contributed by atoms with Crippen LogP contribution in [0.15, 0.2) is 24.3 Å². The van der Waals surface area contributed by atoms with E-state index >= 15 is 0 Å². The van der Waals surface area contributed by atoms with Crippen LogP contribution in [-0.2, 0) is 12.7 Å². The van der Waals surface area contributed by atoms with Crippen molar-refractivity contribution in [3.63, 3.8) is 0 Å². The molecule has 0 aliphatic carbocycles. The standard InChI is InChI=1S/C14H17F3N6.2ClH/c1-10-8-22(7-6-18-10)9-13-19-20-21-23(13)12-4-2-11(3-5-12)14(15,16)17;;/h2-5,10,18H,6-9H2,1H3;2*1H. The zero-order chi connectivity index (χ0) is 16.4. The first-order valence-corrected chi connectivity index (χ1v) is 7.34. The minimum Gasteiger partial charge on any atom is -0.312 e. The van der Waals surface area contributed by atoms with E-state index in [1.165, 1.54) is 16.8 Å². The monoisotopic (exact) mass is 398 g/mol. The van der Waals surface area contributed by atoms with Gasteiger partial charge in [-0.15, -0.1) is 29.9 Å². The lowest BCUT2D eigenvalue weighted by molar-refractivity contribution is -0.137. The fourth-order valence-corrected chi connectivity index (χ4v) is 2.65. The highest BCUT2D eigenvalue weighted by Crippen LogP contribution is 2.29. The Morgan fingerprint density at radius 3 is 2.48 bits per heavy atom. The third-order valence-corrected chi connectivity index (χ3v) is 3.79. The summed E-state index contributed by atoms with van der Waals surface area (Å²) < 4.78 is 39.4. The van der Waals surface area contributed by atoms with Gasteiger partial charge in [0.05, 0.1) is 17.8 Å². The molecule has 140 valence electrons. The predicted molar refractivity (Wildman–Crippen MR) is 91.4 cm³/mol. The van der Waals surface area contributed by atoms with Gasteiger partial charge in [-0.1, -0.05) is 0 Å². The normalized spacial score (nSPS) is 18.3. The van der Waals surface area contributed by atoms with E-state index < -0.39 is 11.7 Å². The van der Waals surface area contributed by atoms with Crippen molar-refractivity contribution >= 4 is 24.8 Å². The summed E-state index contributed by atoms with van der Waals surface area (Å²) in [6.45, 7) is 5.30. The molecule has 1 aromatic heterocycles. The molecule has 1 atom stereocenters. The van der Waals surface area contributed by atoms with Crippen LogP contribution in [0.1, 0.15) is 18.3 Å². The van der Waals surface area contributed by atoms with Crippen molar-refractivity contribution in [2.75, 3.05) is 19.6 Å². The van der Waals surface area contributed by atoms with Gasteiger partial charge in [0.25, 0.3) is 0 Å². The van der Waals surface area contributed by atoms with Crippen LogP contribution < -0.4 is 5.32 Å². The maximum Gasteiger partial charge on any atom is 0.416 e.